The van der Waals surface area contributed by atoms with Crippen LogP contribution in [0.15, 0.2) is 75.6 Å². The summed E-state index contributed by atoms with van der Waals surface area (Å²) in [7, 11) is 0. The summed E-state index contributed by atoms with van der Waals surface area (Å²) in [6, 6.07) is 10.8. The van der Waals surface area contributed by atoms with Gasteiger partial charge in [0.2, 0.25) is 0 Å². The normalized spacial score (nSPS) is 8.36. The number of benzene rings is 2. The zero-order valence-electron chi connectivity index (χ0n) is 18.4. The van der Waals surface area contributed by atoms with Crippen LogP contribution in [0.1, 0.15) is 1.43 Å². The number of hydrogen-bond acceptors (Lipinski definition) is 9. The molecule has 4 rings (SSSR count). The summed E-state index contributed by atoms with van der Waals surface area (Å²) >= 11 is 6.17. The molecule has 0 unspecified atom stereocenters. The predicted octanol–water partition coefficient (Wildman–Crippen LogP) is -0.933. The maximum atomic E-state index is 12.5. The second-order valence-electron chi connectivity index (χ2n) is 4.81. The van der Waals surface area contributed by atoms with E-state index in [1.54, 1.807) is 35.9 Å². The van der Waals surface area contributed by atoms with Crippen molar-refractivity contribution in [3.05, 3.63) is 87.2 Å². The first-order valence-electron chi connectivity index (χ1n) is 7.99. The van der Waals surface area contributed by atoms with E-state index in [2.05, 4.69) is 30.8 Å². The molecule has 33 heavy (non-hydrogen) atoms. The first-order valence-corrected chi connectivity index (χ1v) is 10.5. The van der Waals surface area contributed by atoms with Gasteiger partial charge in [-0.25, -0.2) is 18.7 Å². The number of nitrogens with zero attached hydrogens (tertiary/aromatic N) is 2. The van der Waals surface area contributed by atoms with Crippen LogP contribution in [0, 0.1) is 11.6 Å². The molecular weight excluding hydrogens is 596 g/mol. The van der Waals surface area contributed by atoms with Gasteiger partial charge in [-0.05, 0) is 64.5 Å². The van der Waals surface area contributed by atoms with E-state index in [0.717, 1.165) is 3.92 Å². The van der Waals surface area contributed by atoms with Gasteiger partial charge in [-0.2, -0.15) is 0 Å². The number of aromatic hydroxyl groups is 1. The van der Waals surface area contributed by atoms with Crippen LogP contribution < -0.4 is 113 Å². The average Bonchev–Trinajstić information content (AvgIpc) is 3.47. The van der Waals surface area contributed by atoms with E-state index in [1.165, 1.54) is 47.7 Å². The first kappa shape index (κ1) is 35.5. The Morgan fingerprint density at radius 3 is 1.76 bits per heavy atom. The minimum Gasteiger partial charge on any atom is -1.00 e. The van der Waals surface area contributed by atoms with Crippen molar-refractivity contribution in [1.82, 2.24) is 9.97 Å². The molecule has 0 bridgehead atoms. The van der Waals surface area contributed by atoms with Crippen molar-refractivity contribution in [1.29, 1.82) is 0 Å². The molecular formula is C19H15BrF2K2N2O5S2. The largest absolute Gasteiger partial charge is 1.00 e. The number of ether oxygens (including phenoxy) is 1. The zero-order chi connectivity index (χ0) is 22.9. The molecule has 4 aromatic rings. The smallest absolute Gasteiger partial charge is 1.00 e. The Labute approximate surface area is 291 Å². The fourth-order valence-electron chi connectivity index (χ4n) is 1.51. The minimum atomic E-state index is -0.331. The van der Waals surface area contributed by atoms with Gasteiger partial charge < -0.3 is 21.4 Å². The van der Waals surface area contributed by atoms with E-state index in [9.17, 15) is 8.78 Å². The Morgan fingerprint density at radius 2 is 1.42 bits per heavy atom. The number of aromatic nitrogens is 2. The van der Waals surface area contributed by atoms with Gasteiger partial charge in [-0.3, -0.25) is 4.79 Å². The van der Waals surface area contributed by atoms with Gasteiger partial charge in [-0.15, -0.1) is 11.3 Å². The van der Waals surface area contributed by atoms with Crippen LogP contribution in [-0.2, 0) is 9.68 Å². The summed E-state index contributed by atoms with van der Waals surface area (Å²) in [4.78, 5) is 19.0. The third-order valence-electron chi connectivity index (χ3n) is 2.70. The molecule has 0 amide bonds. The van der Waals surface area contributed by atoms with Crippen molar-refractivity contribution in [2.24, 2.45) is 0 Å². The van der Waals surface area contributed by atoms with Crippen LogP contribution in [0.4, 0.5) is 8.78 Å². The first-order chi connectivity index (χ1) is 14.9. The van der Waals surface area contributed by atoms with Crippen molar-refractivity contribution in [2.45, 2.75) is 0 Å². The Balaban J connectivity index is -0.000000399. The topological polar surface area (TPSA) is 105 Å². The van der Waals surface area contributed by atoms with Gasteiger partial charge in [0.25, 0.3) is 11.7 Å². The molecule has 0 atom stereocenters. The number of rotatable bonds is 3. The van der Waals surface area contributed by atoms with Crippen molar-refractivity contribution < 1.29 is 138 Å². The van der Waals surface area contributed by atoms with E-state index >= 15 is 0 Å². The Morgan fingerprint density at radius 1 is 0.939 bits per heavy atom. The number of phenolic OH excluding ortho intramolecular Hbond substituents is 1. The summed E-state index contributed by atoms with van der Waals surface area (Å²) in [5.41, 5.74) is 0. The van der Waals surface area contributed by atoms with E-state index in [1.807, 2.05) is 10.8 Å². The van der Waals surface area contributed by atoms with Crippen LogP contribution in [0.2, 0.25) is 0 Å². The third kappa shape index (κ3) is 19.2. The molecule has 2 aromatic heterocycles. The van der Waals surface area contributed by atoms with Crippen LogP contribution in [-0.4, -0.2) is 21.5 Å². The Bertz CT molecular complexity index is 955. The quantitative estimate of drug-likeness (QED) is 0.138. The van der Waals surface area contributed by atoms with Crippen molar-refractivity contribution >= 4 is 45.1 Å². The standard InChI is InChI=1S/C9H6FNOS.C6H5FO.C3H2BrNS.CH2O3.2K.H/c10-7-1-3-8(4-2-7)12-9-11-5-6-13-9;7-5-1-3-6(8)4-2-5;4-3-5-1-2-6-3;2-1-4-3;;;/h1-6H;1-4,8H;1-2H;1,3H;;;/q;;;;2*+1;-1/p-1. The number of thiazole rings is 2. The molecule has 0 spiro atoms. The van der Waals surface area contributed by atoms with Crippen LogP contribution >= 0.6 is 38.6 Å². The fourth-order valence-corrected chi connectivity index (χ4v) is 2.81. The predicted molar refractivity (Wildman–Crippen MR) is 115 cm³/mol. The molecule has 0 radical (unpaired) electrons. The summed E-state index contributed by atoms with van der Waals surface area (Å²) in [5.74, 6) is 0.0806. The maximum Gasteiger partial charge on any atom is 1.00 e. The number of halogens is 3. The Hall–Kier alpha value is 0.343. The molecule has 1 N–H and O–H groups in total. The van der Waals surface area contributed by atoms with Crippen molar-refractivity contribution in [2.75, 3.05) is 0 Å². The van der Waals surface area contributed by atoms with Crippen LogP contribution in [0.5, 0.6) is 16.7 Å². The molecule has 0 aliphatic carbocycles. The molecule has 7 nitrogen and oxygen atoms in total. The molecule has 0 fully saturated rings. The van der Waals surface area contributed by atoms with Gasteiger partial charge in [0.15, 0.2) is 3.92 Å². The molecule has 2 heterocycles. The number of hydrogen-bond donors (Lipinski definition) is 1. The summed E-state index contributed by atoms with van der Waals surface area (Å²) in [5, 5.41) is 21.3. The SMILES string of the molecule is Brc1nccs1.Fc1ccc(Oc2nccs2)cc1.O=CO[O-].Oc1ccc(F)cc1.[H-].[K+].[K+]. The molecule has 0 saturated heterocycles. The van der Waals surface area contributed by atoms with Crippen LogP contribution in [0.3, 0.4) is 0 Å². The molecule has 14 heteroatoms. The molecule has 0 aliphatic heterocycles. The van der Waals surface area contributed by atoms with E-state index in [0.29, 0.717) is 10.9 Å². The van der Waals surface area contributed by atoms with Crippen molar-refractivity contribution in [3.8, 4) is 16.7 Å². The second kappa shape index (κ2) is 22.8. The third-order valence-corrected chi connectivity index (χ3v) is 4.67. The number of phenols is 1. The second-order valence-corrected chi connectivity index (χ2v) is 7.84. The van der Waals surface area contributed by atoms with E-state index < -0.39 is 0 Å². The summed E-state index contributed by atoms with van der Waals surface area (Å²) in [6.45, 7) is -0.181. The number of carbonyl (C=O) groups excluding carboxylic acids is 1. The van der Waals surface area contributed by atoms with Crippen molar-refractivity contribution in [3.63, 3.8) is 0 Å². The zero-order valence-corrected chi connectivity index (χ0v) is 26.9. The monoisotopic (exact) mass is 610 g/mol. The number of carbonyl (C=O) groups is 1. The Kier molecular flexibility index (Phi) is 24.5. The molecule has 166 valence electrons. The average molecular weight is 612 g/mol. The van der Waals surface area contributed by atoms with Gasteiger partial charge in [0.05, 0.1) is 0 Å². The van der Waals surface area contributed by atoms with E-state index in [-0.39, 0.29) is 128 Å². The summed E-state index contributed by atoms with van der Waals surface area (Å²) in [6.07, 6.45) is 3.41. The van der Waals surface area contributed by atoms with Gasteiger partial charge >= 0.3 is 103 Å². The molecule has 2 aromatic carbocycles. The molecule has 0 saturated carbocycles. The molecule has 0 aliphatic rings. The van der Waals surface area contributed by atoms with Gasteiger partial charge in [0.1, 0.15) is 23.1 Å². The van der Waals surface area contributed by atoms with E-state index in [4.69, 9.17) is 19.9 Å². The van der Waals surface area contributed by atoms with Gasteiger partial charge in [0, 0.05) is 23.2 Å². The minimum absolute atomic E-state index is 0. The van der Waals surface area contributed by atoms with Gasteiger partial charge in [-0.1, -0.05) is 11.3 Å². The fraction of sp³-hybridized carbons (Fsp3) is 0. The van der Waals surface area contributed by atoms with Crippen LogP contribution in [0.25, 0.3) is 0 Å². The summed E-state index contributed by atoms with van der Waals surface area (Å²) < 4.78 is 30.7. The maximum absolute atomic E-state index is 12.5.